The molecule has 10 heteroatoms. The van der Waals surface area contributed by atoms with Gasteiger partial charge in [-0.05, 0) is 18.6 Å². The van der Waals surface area contributed by atoms with Gasteiger partial charge >= 0.3 is 0 Å². The first-order valence-electron chi connectivity index (χ1n) is 8.76. The number of rotatable bonds is 3. The summed E-state index contributed by atoms with van der Waals surface area (Å²) in [5, 5.41) is 14.6. The Morgan fingerprint density at radius 3 is 2.71 bits per heavy atom. The first kappa shape index (κ1) is 21.7. The number of nitrogens with one attached hydrogen (secondary N) is 2. The standard InChI is InChI=1S/C18H24N4O5S/c1-11(23)7-22-8-16(25)20-6-15(24)21-14(17(19)26)10-28-9-12-4-2-3-5-13(12)18(22)27/h2-5,11,14,23H,6-10H2,1H3,(H2,19,26)(H,20,25)(H,21,24)/t11?,14-/m0/s1. The van der Waals surface area contributed by atoms with Gasteiger partial charge < -0.3 is 26.4 Å². The lowest BCUT2D eigenvalue weighted by Crippen LogP contribution is -2.50. The van der Waals surface area contributed by atoms with Gasteiger partial charge in [0.05, 0.1) is 19.2 Å². The van der Waals surface area contributed by atoms with Crippen molar-refractivity contribution in [3.63, 3.8) is 0 Å². The smallest absolute Gasteiger partial charge is 0.254 e. The van der Waals surface area contributed by atoms with Crippen LogP contribution < -0.4 is 16.4 Å². The minimum absolute atomic E-state index is 0.0241. The lowest BCUT2D eigenvalue weighted by atomic mass is 10.1. The van der Waals surface area contributed by atoms with Gasteiger partial charge in [0.15, 0.2) is 0 Å². The zero-order valence-electron chi connectivity index (χ0n) is 15.5. The molecule has 1 heterocycles. The molecule has 1 unspecified atom stereocenters. The molecule has 1 aliphatic heterocycles. The van der Waals surface area contributed by atoms with E-state index in [0.717, 1.165) is 5.56 Å². The van der Waals surface area contributed by atoms with Gasteiger partial charge in [-0.1, -0.05) is 18.2 Å². The minimum Gasteiger partial charge on any atom is -0.392 e. The molecule has 152 valence electrons. The number of carbonyl (C=O) groups excluding carboxylic acids is 4. The SMILES string of the molecule is CC(O)CN1CC(=O)NCC(=O)N[C@H](C(N)=O)CSCc2ccccc2C1=O. The number of β-amino-alcohol motifs (C(OH)–C–C–N with tert-alkyl or cyclic N) is 1. The number of aliphatic hydroxyl groups is 1. The van der Waals surface area contributed by atoms with Crippen molar-refractivity contribution in [3.8, 4) is 0 Å². The number of amides is 4. The fourth-order valence-electron chi connectivity index (χ4n) is 2.70. The number of thioether (sulfide) groups is 1. The Bertz CT molecular complexity index is 755. The van der Waals surface area contributed by atoms with Crippen LogP contribution in [-0.4, -0.2) is 71.2 Å². The maximum absolute atomic E-state index is 13.0. The average molecular weight is 408 g/mol. The van der Waals surface area contributed by atoms with Crippen LogP contribution in [0, 0.1) is 0 Å². The van der Waals surface area contributed by atoms with Crippen LogP contribution in [0.15, 0.2) is 24.3 Å². The summed E-state index contributed by atoms with van der Waals surface area (Å²) in [6.45, 7) is 0.845. The Hall–Kier alpha value is -2.59. The minimum atomic E-state index is -0.882. The summed E-state index contributed by atoms with van der Waals surface area (Å²) in [5.41, 5.74) is 6.47. The lowest BCUT2D eigenvalue weighted by Gasteiger charge is -2.25. The van der Waals surface area contributed by atoms with E-state index in [2.05, 4.69) is 10.6 Å². The molecule has 1 aliphatic rings. The number of nitrogens with zero attached hydrogens (tertiary/aromatic N) is 1. The monoisotopic (exact) mass is 408 g/mol. The largest absolute Gasteiger partial charge is 0.392 e. The molecule has 1 aromatic rings. The molecular weight excluding hydrogens is 384 g/mol. The van der Waals surface area contributed by atoms with E-state index in [9.17, 15) is 24.3 Å². The summed E-state index contributed by atoms with van der Waals surface area (Å²) in [5.74, 6) is -1.52. The second kappa shape index (κ2) is 10.1. The fourth-order valence-corrected chi connectivity index (χ4v) is 3.77. The highest BCUT2D eigenvalue weighted by Crippen LogP contribution is 2.19. The van der Waals surface area contributed by atoms with Crippen LogP contribution in [0.4, 0.5) is 0 Å². The van der Waals surface area contributed by atoms with E-state index in [-0.39, 0.29) is 31.3 Å². The van der Waals surface area contributed by atoms with Crippen LogP contribution in [0.5, 0.6) is 0 Å². The van der Waals surface area contributed by atoms with Crippen LogP contribution in [0.3, 0.4) is 0 Å². The molecule has 0 fully saturated rings. The number of aliphatic hydroxyl groups excluding tert-OH is 1. The highest BCUT2D eigenvalue weighted by molar-refractivity contribution is 7.98. The molecule has 1 aromatic carbocycles. The van der Waals surface area contributed by atoms with Gasteiger partial charge in [-0.25, -0.2) is 0 Å². The summed E-state index contributed by atoms with van der Waals surface area (Å²) < 4.78 is 0. The number of fused-ring (bicyclic) bond motifs is 1. The van der Waals surface area contributed by atoms with Gasteiger partial charge in [0, 0.05) is 23.6 Å². The third-order valence-corrected chi connectivity index (χ3v) is 5.11. The topological polar surface area (TPSA) is 142 Å². The van der Waals surface area contributed by atoms with E-state index >= 15 is 0 Å². The van der Waals surface area contributed by atoms with E-state index in [0.29, 0.717) is 11.3 Å². The van der Waals surface area contributed by atoms with Gasteiger partial charge in [0.1, 0.15) is 6.04 Å². The van der Waals surface area contributed by atoms with Gasteiger partial charge in [-0.2, -0.15) is 11.8 Å². The molecule has 9 nitrogen and oxygen atoms in total. The molecule has 0 saturated heterocycles. The highest BCUT2D eigenvalue weighted by Gasteiger charge is 2.24. The van der Waals surface area contributed by atoms with E-state index in [1.807, 2.05) is 0 Å². The molecule has 0 bridgehead atoms. The van der Waals surface area contributed by atoms with Crippen molar-refractivity contribution in [2.45, 2.75) is 24.8 Å². The predicted octanol–water partition coefficient (Wildman–Crippen LogP) is -1.16. The fraction of sp³-hybridized carbons (Fsp3) is 0.444. The van der Waals surface area contributed by atoms with Crippen molar-refractivity contribution in [2.24, 2.45) is 5.73 Å². The first-order chi connectivity index (χ1) is 13.3. The first-order valence-corrected chi connectivity index (χ1v) is 9.91. The summed E-state index contributed by atoms with van der Waals surface area (Å²) in [7, 11) is 0. The Morgan fingerprint density at radius 1 is 1.32 bits per heavy atom. The Balaban J connectivity index is 2.32. The van der Waals surface area contributed by atoms with E-state index in [4.69, 9.17) is 5.73 Å². The zero-order valence-corrected chi connectivity index (χ0v) is 16.3. The van der Waals surface area contributed by atoms with Crippen molar-refractivity contribution >= 4 is 35.4 Å². The highest BCUT2D eigenvalue weighted by atomic mass is 32.2. The molecule has 0 radical (unpaired) electrons. The third kappa shape index (κ3) is 6.24. The van der Waals surface area contributed by atoms with Crippen LogP contribution in [0.25, 0.3) is 0 Å². The molecular formula is C18H24N4O5S. The van der Waals surface area contributed by atoms with E-state index in [1.54, 1.807) is 24.3 Å². The number of benzene rings is 1. The number of carbonyl (C=O) groups is 4. The third-order valence-electron chi connectivity index (χ3n) is 4.02. The maximum atomic E-state index is 13.0. The van der Waals surface area contributed by atoms with Gasteiger partial charge in [0.25, 0.3) is 5.91 Å². The van der Waals surface area contributed by atoms with Crippen molar-refractivity contribution in [1.29, 1.82) is 0 Å². The van der Waals surface area contributed by atoms with Crippen LogP contribution in [0.1, 0.15) is 22.8 Å². The van der Waals surface area contributed by atoms with Crippen molar-refractivity contribution in [2.75, 3.05) is 25.4 Å². The molecule has 28 heavy (non-hydrogen) atoms. The molecule has 0 aliphatic carbocycles. The summed E-state index contributed by atoms with van der Waals surface area (Å²) in [6, 6.07) is 6.06. The number of primary amides is 1. The maximum Gasteiger partial charge on any atom is 0.254 e. The van der Waals surface area contributed by atoms with Gasteiger partial charge in [0.2, 0.25) is 17.7 Å². The zero-order chi connectivity index (χ0) is 20.7. The van der Waals surface area contributed by atoms with E-state index in [1.165, 1.54) is 23.6 Å². The van der Waals surface area contributed by atoms with Crippen molar-refractivity contribution in [1.82, 2.24) is 15.5 Å². The van der Waals surface area contributed by atoms with Crippen LogP contribution in [-0.2, 0) is 20.1 Å². The van der Waals surface area contributed by atoms with Crippen LogP contribution >= 0.6 is 11.8 Å². The number of nitrogens with two attached hydrogens (primary N) is 1. The molecule has 4 amide bonds. The average Bonchev–Trinajstić information content (AvgIpc) is 2.63. The van der Waals surface area contributed by atoms with E-state index < -0.39 is 29.9 Å². The second-order valence-corrected chi connectivity index (χ2v) is 7.54. The Labute approximate surface area is 167 Å². The number of hydrogen-bond acceptors (Lipinski definition) is 6. The molecule has 0 spiro atoms. The second-order valence-electron chi connectivity index (χ2n) is 6.51. The molecule has 0 aromatic heterocycles. The molecule has 2 rings (SSSR count). The van der Waals surface area contributed by atoms with Gasteiger partial charge in [-0.3, -0.25) is 19.2 Å². The lowest BCUT2D eigenvalue weighted by molar-refractivity contribution is -0.128. The molecule has 2 atom stereocenters. The Morgan fingerprint density at radius 2 is 2.04 bits per heavy atom. The van der Waals surface area contributed by atoms with Crippen molar-refractivity contribution in [3.05, 3.63) is 35.4 Å². The normalized spacial score (nSPS) is 20.4. The predicted molar refractivity (Wildman–Crippen MR) is 104 cm³/mol. The quantitative estimate of drug-likeness (QED) is 0.497. The van der Waals surface area contributed by atoms with Crippen LogP contribution in [0.2, 0.25) is 0 Å². The number of hydrogen-bond donors (Lipinski definition) is 4. The summed E-state index contributed by atoms with van der Waals surface area (Å²) in [6.07, 6.45) is -0.822. The summed E-state index contributed by atoms with van der Waals surface area (Å²) in [4.78, 5) is 50.0. The van der Waals surface area contributed by atoms with Crippen molar-refractivity contribution < 1.29 is 24.3 Å². The molecule has 5 N–H and O–H groups in total. The molecule has 0 saturated carbocycles. The summed E-state index contributed by atoms with van der Waals surface area (Å²) >= 11 is 1.36. The Kier molecular flexibility index (Phi) is 7.82. The van der Waals surface area contributed by atoms with Gasteiger partial charge in [-0.15, -0.1) is 0 Å².